The Kier molecular flexibility index (Phi) is 6.69. The Morgan fingerprint density at radius 1 is 1.22 bits per heavy atom. The minimum atomic E-state index is -0.190. The average Bonchev–Trinajstić information content (AvgIpc) is 3.46. The number of rotatable bonds is 7. The summed E-state index contributed by atoms with van der Waals surface area (Å²) in [6.45, 7) is 1.26. The first-order valence-electron chi connectivity index (χ1n) is 10.1. The van der Waals surface area contributed by atoms with Crippen molar-refractivity contribution in [2.45, 2.75) is 62.8 Å². The molecule has 0 aliphatic heterocycles. The van der Waals surface area contributed by atoms with Gasteiger partial charge in [-0.3, -0.25) is 9.79 Å². The molecule has 3 N–H and O–H groups in total. The average molecular weight is 375 g/mol. The lowest BCUT2D eigenvalue weighted by Crippen LogP contribution is -2.43. The molecular weight excluding hydrogens is 343 g/mol. The van der Waals surface area contributed by atoms with Crippen LogP contribution >= 0.6 is 0 Å². The quantitative estimate of drug-likeness (QED) is 0.508. The van der Waals surface area contributed by atoms with E-state index in [2.05, 4.69) is 20.9 Å². The molecule has 1 amide bonds. The number of aliphatic imine (C=N–C) groups is 1. The molecule has 0 radical (unpaired) electrons. The van der Waals surface area contributed by atoms with E-state index in [1.807, 2.05) is 6.07 Å². The largest absolute Gasteiger partial charge is 0.356 e. The lowest BCUT2D eigenvalue weighted by molar-refractivity contribution is -0.121. The van der Waals surface area contributed by atoms with Gasteiger partial charge in [-0.25, -0.2) is 4.39 Å². The zero-order chi connectivity index (χ0) is 19.1. The zero-order valence-corrected chi connectivity index (χ0v) is 16.2. The van der Waals surface area contributed by atoms with Crippen molar-refractivity contribution in [2.24, 2.45) is 4.99 Å². The molecule has 0 heterocycles. The van der Waals surface area contributed by atoms with Crippen LogP contribution in [0.15, 0.2) is 29.3 Å². The Morgan fingerprint density at radius 2 is 2.00 bits per heavy atom. The van der Waals surface area contributed by atoms with Crippen LogP contribution in [0.4, 0.5) is 4.39 Å². The van der Waals surface area contributed by atoms with Gasteiger partial charge in [-0.05, 0) is 43.4 Å². The first-order valence-corrected chi connectivity index (χ1v) is 10.1. The number of guanidine groups is 1. The van der Waals surface area contributed by atoms with E-state index in [0.29, 0.717) is 31.5 Å². The number of nitrogens with zero attached hydrogens (tertiary/aromatic N) is 1. The van der Waals surface area contributed by atoms with Crippen molar-refractivity contribution >= 4 is 11.9 Å². The van der Waals surface area contributed by atoms with Crippen LogP contribution in [0.2, 0.25) is 0 Å². The van der Waals surface area contributed by atoms with Crippen LogP contribution in [0, 0.1) is 5.82 Å². The second-order valence-electron chi connectivity index (χ2n) is 7.80. The smallest absolute Gasteiger partial charge is 0.221 e. The molecule has 0 saturated heterocycles. The van der Waals surface area contributed by atoms with Crippen molar-refractivity contribution < 1.29 is 9.18 Å². The standard InChI is InChI=1S/C21H31FN4O/c1-23-20(24-13-10-19(27)26-18-8-3-2-4-9-18)25-15-21(11-12-21)16-6-5-7-17(22)14-16/h5-7,14,18H,2-4,8-13,15H2,1H3,(H,26,27)(H2,23,24,25). The molecule has 0 aromatic heterocycles. The van der Waals surface area contributed by atoms with Crippen molar-refractivity contribution in [3.05, 3.63) is 35.6 Å². The monoisotopic (exact) mass is 374 g/mol. The Balaban J connectivity index is 1.39. The van der Waals surface area contributed by atoms with Crippen LogP contribution in [-0.2, 0) is 10.2 Å². The van der Waals surface area contributed by atoms with Gasteiger partial charge in [-0.1, -0.05) is 31.4 Å². The summed E-state index contributed by atoms with van der Waals surface area (Å²) in [5.41, 5.74) is 1.04. The lowest BCUT2D eigenvalue weighted by atomic mass is 9.95. The molecule has 0 spiro atoms. The molecule has 2 fully saturated rings. The highest BCUT2D eigenvalue weighted by Crippen LogP contribution is 2.47. The minimum Gasteiger partial charge on any atom is -0.356 e. The maximum atomic E-state index is 13.5. The fraction of sp³-hybridized carbons (Fsp3) is 0.619. The molecule has 1 aromatic carbocycles. The van der Waals surface area contributed by atoms with Crippen molar-refractivity contribution in [1.82, 2.24) is 16.0 Å². The van der Waals surface area contributed by atoms with Gasteiger partial charge in [-0.15, -0.1) is 0 Å². The molecule has 148 valence electrons. The van der Waals surface area contributed by atoms with Crippen molar-refractivity contribution in [2.75, 3.05) is 20.1 Å². The number of amides is 1. The second kappa shape index (κ2) is 9.20. The fourth-order valence-electron chi connectivity index (χ4n) is 3.85. The van der Waals surface area contributed by atoms with Crippen LogP contribution in [-0.4, -0.2) is 38.0 Å². The van der Waals surface area contributed by atoms with Crippen molar-refractivity contribution in [3.63, 3.8) is 0 Å². The summed E-state index contributed by atoms with van der Waals surface area (Å²) >= 11 is 0. The molecule has 0 unspecified atom stereocenters. The van der Waals surface area contributed by atoms with Crippen LogP contribution in [0.5, 0.6) is 0 Å². The third kappa shape index (κ3) is 5.68. The highest BCUT2D eigenvalue weighted by Gasteiger charge is 2.44. The molecule has 1 aromatic rings. The van der Waals surface area contributed by atoms with Crippen molar-refractivity contribution in [1.29, 1.82) is 0 Å². The molecule has 2 saturated carbocycles. The van der Waals surface area contributed by atoms with Crippen LogP contribution in [0.1, 0.15) is 56.9 Å². The summed E-state index contributed by atoms with van der Waals surface area (Å²) < 4.78 is 13.5. The number of hydrogen-bond acceptors (Lipinski definition) is 2. The predicted octanol–water partition coefficient (Wildman–Crippen LogP) is 2.86. The maximum Gasteiger partial charge on any atom is 0.221 e. The zero-order valence-electron chi connectivity index (χ0n) is 16.2. The van der Waals surface area contributed by atoms with Gasteiger partial charge in [0.25, 0.3) is 0 Å². The topological polar surface area (TPSA) is 65.5 Å². The van der Waals surface area contributed by atoms with E-state index in [1.165, 1.54) is 25.3 Å². The van der Waals surface area contributed by atoms with E-state index in [0.717, 1.165) is 31.2 Å². The summed E-state index contributed by atoms with van der Waals surface area (Å²) in [4.78, 5) is 16.3. The van der Waals surface area contributed by atoms with Crippen LogP contribution < -0.4 is 16.0 Å². The highest BCUT2D eigenvalue weighted by molar-refractivity contribution is 5.81. The maximum absolute atomic E-state index is 13.5. The Labute approximate surface area is 161 Å². The molecule has 6 heteroatoms. The highest BCUT2D eigenvalue weighted by atomic mass is 19.1. The molecule has 0 bridgehead atoms. The van der Waals surface area contributed by atoms with E-state index in [1.54, 1.807) is 19.2 Å². The van der Waals surface area contributed by atoms with Gasteiger partial charge in [-0.2, -0.15) is 0 Å². The third-order valence-electron chi connectivity index (χ3n) is 5.72. The van der Waals surface area contributed by atoms with E-state index < -0.39 is 0 Å². The molecule has 0 atom stereocenters. The predicted molar refractivity (Wildman–Crippen MR) is 106 cm³/mol. The van der Waals surface area contributed by atoms with E-state index >= 15 is 0 Å². The van der Waals surface area contributed by atoms with Gasteiger partial charge < -0.3 is 16.0 Å². The van der Waals surface area contributed by atoms with Gasteiger partial charge in [0.2, 0.25) is 5.91 Å². The SMILES string of the molecule is CN=C(NCCC(=O)NC1CCCCC1)NCC1(c2cccc(F)c2)CC1. The summed E-state index contributed by atoms with van der Waals surface area (Å²) in [5.74, 6) is 0.594. The van der Waals surface area contributed by atoms with E-state index in [-0.39, 0.29) is 17.1 Å². The van der Waals surface area contributed by atoms with E-state index in [4.69, 9.17) is 0 Å². The third-order valence-corrected chi connectivity index (χ3v) is 5.72. The Hall–Kier alpha value is -2.11. The second-order valence-corrected chi connectivity index (χ2v) is 7.80. The molecular formula is C21H31FN4O. The first-order chi connectivity index (χ1) is 13.1. The molecule has 27 heavy (non-hydrogen) atoms. The molecule has 2 aliphatic rings. The van der Waals surface area contributed by atoms with Gasteiger partial charge in [0, 0.05) is 38.0 Å². The summed E-state index contributed by atoms with van der Waals surface area (Å²) in [5, 5.41) is 9.66. The normalized spacial score (nSPS) is 19.4. The fourth-order valence-corrected chi connectivity index (χ4v) is 3.85. The Morgan fingerprint density at radius 3 is 2.67 bits per heavy atom. The minimum absolute atomic E-state index is 0.00191. The number of benzene rings is 1. The number of carbonyl (C=O) groups excluding carboxylic acids is 1. The number of nitrogens with one attached hydrogen (secondary N) is 3. The van der Waals surface area contributed by atoms with Gasteiger partial charge in [0.15, 0.2) is 5.96 Å². The van der Waals surface area contributed by atoms with Gasteiger partial charge in [0.1, 0.15) is 5.82 Å². The summed E-state index contributed by atoms with van der Waals surface area (Å²) in [6.07, 6.45) is 8.45. The lowest BCUT2D eigenvalue weighted by Gasteiger charge is -2.23. The van der Waals surface area contributed by atoms with Gasteiger partial charge >= 0.3 is 0 Å². The molecule has 5 nitrogen and oxygen atoms in total. The van der Waals surface area contributed by atoms with Crippen molar-refractivity contribution in [3.8, 4) is 0 Å². The van der Waals surface area contributed by atoms with Crippen LogP contribution in [0.3, 0.4) is 0 Å². The molecule has 3 rings (SSSR count). The Bertz CT molecular complexity index is 666. The summed E-state index contributed by atoms with van der Waals surface area (Å²) in [6, 6.07) is 7.21. The first kappa shape index (κ1) is 19.6. The summed E-state index contributed by atoms with van der Waals surface area (Å²) in [7, 11) is 1.72. The number of hydrogen-bond donors (Lipinski definition) is 3. The number of carbonyl (C=O) groups is 1. The van der Waals surface area contributed by atoms with E-state index in [9.17, 15) is 9.18 Å². The van der Waals surface area contributed by atoms with Gasteiger partial charge in [0.05, 0.1) is 0 Å². The molecule has 2 aliphatic carbocycles. The number of halogens is 1. The van der Waals surface area contributed by atoms with Crippen LogP contribution in [0.25, 0.3) is 0 Å².